The topological polar surface area (TPSA) is 79.5 Å². The fourth-order valence-electron chi connectivity index (χ4n) is 3.76. The second-order valence-corrected chi connectivity index (χ2v) is 8.03. The number of aromatic nitrogens is 2. The minimum absolute atomic E-state index is 0.115. The van der Waals surface area contributed by atoms with Gasteiger partial charge in [0.1, 0.15) is 6.04 Å². The van der Waals surface area contributed by atoms with Crippen LogP contribution in [0.15, 0.2) is 59.1 Å². The third-order valence-electron chi connectivity index (χ3n) is 5.33. The molecular weight excluding hydrogens is 416 g/mol. The van der Waals surface area contributed by atoms with Gasteiger partial charge in [-0.05, 0) is 30.2 Å². The lowest BCUT2D eigenvalue weighted by atomic mass is 10.0. The van der Waals surface area contributed by atoms with Crippen molar-refractivity contribution in [1.82, 2.24) is 19.9 Å². The van der Waals surface area contributed by atoms with Crippen molar-refractivity contribution in [2.75, 3.05) is 13.1 Å². The number of hydrogen-bond donors (Lipinski definition) is 0. The molecule has 160 valence electrons. The number of carbonyl (C=O) groups is 2. The van der Waals surface area contributed by atoms with Crippen LogP contribution < -0.4 is 0 Å². The van der Waals surface area contributed by atoms with E-state index < -0.39 is 6.04 Å². The Balaban J connectivity index is 1.54. The molecule has 0 radical (unpaired) electrons. The smallest absolute Gasteiger partial charge is 0.246 e. The van der Waals surface area contributed by atoms with Crippen LogP contribution in [-0.2, 0) is 29.0 Å². The van der Waals surface area contributed by atoms with Gasteiger partial charge in [-0.1, -0.05) is 59.2 Å². The molecule has 1 unspecified atom stereocenters. The highest BCUT2D eigenvalue weighted by atomic mass is 35.5. The predicted octanol–water partition coefficient (Wildman–Crippen LogP) is 3.06. The van der Waals surface area contributed by atoms with Crippen LogP contribution in [0.2, 0.25) is 5.02 Å². The normalized spacial score (nSPS) is 16.6. The fraction of sp³-hybridized carbons (Fsp3) is 0.304. The average molecular weight is 439 g/mol. The first-order chi connectivity index (χ1) is 15.0. The van der Waals surface area contributed by atoms with Crippen LogP contribution in [0.1, 0.15) is 22.8 Å². The van der Waals surface area contributed by atoms with E-state index in [0.717, 1.165) is 11.1 Å². The van der Waals surface area contributed by atoms with E-state index in [1.54, 1.807) is 28.9 Å². The minimum Gasteiger partial charge on any atom is -0.339 e. The van der Waals surface area contributed by atoms with E-state index in [9.17, 15) is 9.59 Å². The molecule has 7 nitrogen and oxygen atoms in total. The monoisotopic (exact) mass is 438 g/mol. The summed E-state index contributed by atoms with van der Waals surface area (Å²) in [4.78, 5) is 34.2. The van der Waals surface area contributed by atoms with Crippen molar-refractivity contribution in [3.8, 4) is 0 Å². The second kappa shape index (κ2) is 9.31. The minimum atomic E-state index is -0.683. The van der Waals surface area contributed by atoms with E-state index >= 15 is 0 Å². The molecule has 2 amide bonds. The molecule has 0 bridgehead atoms. The highest BCUT2D eigenvalue weighted by molar-refractivity contribution is 6.30. The second-order valence-electron chi connectivity index (χ2n) is 7.59. The van der Waals surface area contributed by atoms with E-state index in [1.807, 2.05) is 42.5 Å². The Kier molecular flexibility index (Phi) is 6.32. The molecular formula is C23H23ClN4O3. The van der Waals surface area contributed by atoms with Crippen LogP contribution in [0.3, 0.4) is 0 Å². The molecule has 2 heterocycles. The maximum Gasteiger partial charge on any atom is 0.246 e. The van der Waals surface area contributed by atoms with Gasteiger partial charge in [-0.2, -0.15) is 4.98 Å². The number of carbonyl (C=O) groups excluding carboxylic acids is 2. The first kappa shape index (κ1) is 21.1. The number of hydrogen-bond acceptors (Lipinski definition) is 5. The lowest BCUT2D eigenvalue weighted by Crippen LogP contribution is -2.59. The zero-order chi connectivity index (χ0) is 21.8. The summed E-state index contributed by atoms with van der Waals surface area (Å²) in [7, 11) is 0. The van der Waals surface area contributed by atoms with Gasteiger partial charge in [-0.15, -0.1) is 0 Å². The molecule has 4 rings (SSSR count). The van der Waals surface area contributed by atoms with E-state index in [-0.39, 0.29) is 24.7 Å². The van der Waals surface area contributed by atoms with Gasteiger partial charge >= 0.3 is 0 Å². The van der Waals surface area contributed by atoms with Gasteiger partial charge in [0.2, 0.25) is 17.7 Å². The predicted molar refractivity (Wildman–Crippen MR) is 115 cm³/mol. The Labute approximate surface area is 185 Å². The van der Waals surface area contributed by atoms with Gasteiger partial charge < -0.3 is 14.3 Å². The Morgan fingerprint density at radius 3 is 2.52 bits per heavy atom. The van der Waals surface area contributed by atoms with Gasteiger partial charge in [-0.25, -0.2) is 0 Å². The van der Waals surface area contributed by atoms with Crippen molar-refractivity contribution >= 4 is 23.4 Å². The standard InChI is InChI=1S/C23H23ClN4O3/c1-16-25-21(31-26-16)14-20-23(30)27(15-18-5-3-2-4-6-18)11-12-28(20)22(29)13-17-7-9-19(24)10-8-17/h2-10,20H,11-15H2,1H3. The molecule has 1 aliphatic heterocycles. The zero-order valence-electron chi connectivity index (χ0n) is 17.2. The van der Waals surface area contributed by atoms with Crippen LogP contribution in [0.4, 0.5) is 0 Å². The van der Waals surface area contributed by atoms with Gasteiger partial charge in [-0.3, -0.25) is 9.59 Å². The Morgan fingerprint density at radius 1 is 1.10 bits per heavy atom. The lowest BCUT2D eigenvalue weighted by Gasteiger charge is -2.40. The summed E-state index contributed by atoms with van der Waals surface area (Å²) < 4.78 is 5.24. The molecule has 1 aromatic heterocycles. The SMILES string of the molecule is Cc1noc(CC2C(=O)N(Cc3ccccc3)CCN2C(=O)Cc2ccc(Cl)cc2)n1. The number of amides is 2. The highest BCUT2D eigenvalue weighted by Gasteiger charge is 2.38. The first-order valence-corrected chi connectivity index (χ1v) is 10.5. The number of piperazine rings is 1. The fourth-order valence-corrected chi connectivity index (χ4v) is 3.89. The van der Waals surface area contributed by atoms with Crippen LogP contribution in [0, 0.1) is 6.92 Å². The molecule has 2 aromatic carbocycles. The molecule has 1 atom stereocenters. The van der Waals surface area contributed by atoms with Crippen molar-refractivity contribution < 1.29 is 14.1 Å². The van der Waals surface area contributed by atoms with Crippen molar-refractivity contribution in [2.45, 2.75) is 32.4 Å². The third kappa shape index (κ3) is 5.11. The number of nitrogens with zero attached hydrogens (tertiary/aromatic N) is 4. The highest BCUT2D eigenvalue weighted by Crippen LogP contribution is 2.20. The number of aryl methyl sites for hydroxylation is 1. The maximum absolute atomic E-state index is 13.4. The van der Waals surface area contributed by atoms with Gasteiger partial charge in [0, 0.05) is 24.7 Å². The van der Waals surface area contributed by atoms with Gasteiger partial charge in [0.15, 0.2) is 5.82 Å². The summed E-state index contributed by atoms with van der Waals surface area (Å²) in [6, 6.07) is 16.3. The summed E-state index contributed by atoms with van der Waals surface area (Å²) >= 11 is 5.95. The molecule has 8 heteroatoms. The summed E-state index contributed by atoms with van der Waals surface area (Å²) in [5, 5.41) is 4.43. The van der Waals surface area contributed by atoms with Crippen LogP contribution in [0.5, 0.6) is 0 Å². The van der Waals surface area contributed by atoms with E-state index in [0.29, 0.717) is 36.4 Å². The molecule has 1 fully saturated rings. The molecule has 1 aliphatic rings. The summed E-state index contributed by atoms with van der Waals surface area (Å²) in [5.41, 5.74) is 1.89. The molecule has 0 spiro atoms. The molecule has 0 N–H and O–H groups in total. The van der Waals surface area contributed by atoms with Gasteiger partial charge in [0.25, 0.3) is 0 Å². The number of benzene rings is 2. The van der Waals surface area contributed by atoms with Crippen LogP contribution >= 0.6 is 11.6 Å². The summed E-state index contributed by atoms with van der Waals surface area (Å²) in [5.74, 6) is 0.617. The molecule has 0 saturated carbocycles. The Bertz CT molecular complexity index is 1050. The summed E-state index contributed by atoms with van der Waals surface area (Å²) in [6.07, 6.45) is 0.389. The van der Waals surface area contributed by atoms with Crippen LogP contribution in [-0.4, -0.2) is 50.9 Å². The van der Waals surface area contributed by atoms with E-state index in [2.05, 4.69) is 10.1 Å². The molecule has 3 aromatic rings. The van der Waals surface area contributed by atoms with Crippen molar-refractivity contribution in [3.05, 3.63) is 82.5 Å². The Morgan fingerprint density at radius 2 is 1.84 bits per heavy atom. The van der Waals surface area contributed by atoms with Crippen LogP contribution in [0.25, 0.3) is 0 Å². The Hall–Kier alpha value is -3.19. The quantitative estimate of drug-likeness (QED) is 0.591. The lowest BCUT2D eigenvalue weighted by molar-refractivity contribution is -0.151. The molecule has 31 heavy (non-hydrogen) atoms. The molecule has 0 aliphatic carbocycles. The average Bonchev–Trinajstić information content (AvgIpc) is 3.18. The van der Waals surface area contributed by atoms with Crippen molar-refractivity contribution in [2.24, 2.45) is 0 Å². The largest absolute Gasteiger partial charge is 0.339 e. The summed E-state index contributed by atoms with van der Waals surface area (Å²) in [6.45, 7) is 3.14. The maximum atomic E-state index is 13.4. The van der Waals surface area contributed by atoms with Gasteiger partial charge in [0.05, 0.1) is 12.8 Å². The number of halogens is 1. The molecule has 1 saturated heterocycles. The zero-order valence-corrected chi connectivity index (χ0v) is 18.0. The van der Waals surface area contributed by atoms with Crippen molar-refractivity contribution in [3.63, 3.8) is 0 Å². The third-order valence-corrected chi connectivity index (χ3v) is 5.58. The number of rotatable bonds is 6. The van der Waals surface area contributed by atoms with E-state index in [1.165, 1.54) is 0 Å². The van der Waals surface area contributed by atoms with Crippen molar-refractivity contribution in [1.29, 1.82) is 0 Å². The first-order valence-electron chi connectivity index (χ1n) is 10.2. The van der Waals surface area contributed by atoms with E-state index in [4.69, 9.17) is 16.1 Å².